The molecule has 0 spiro atoms. The lowest BCUT2D eigenvalue weighted by Gasteiger charge is -2.33. The van der Waals surface area contributed by atoms with Crippen LogP contribution in [0.5, 0.6) is 5.75 Å². The topological polar surface area (TPSA) is 81.9 Å². The molecule has 0 bridgehead atoms. The molecule has 1 saturated carbocycles. The van der Waals surface area contributed by atoms with Gasteiger partial charge in [-0.25, -0.2) is 4.68 Å². The summed E-state index contributed by atoms with van der Waals surface area (Å²) in [6.07, 6.45) is 4.05. The number of amides is 1. The van der Waals surface area contributed by atoms with Gasteiger partial charge >= 0.3 is 0 Å². The van der Waals surface area contributed by atoms with Crippen molar-refractivity contribution in [1.82, 2.24) is 25.5 Å². The third-order valence-corrected chi connectivity index (χ3v) is 5.37. The minimum Gasteiger partial charge on any atom is -0.497 e. The fourth-order valence-electron chi connectivity index (χ4n) is 3.77. The molecule has 0 aliphatic heterocycles. The summed E-state index contributed by atoms with van der Waals surface area (Å²) in [5, 5.41) is 15.3. The molecule has 0 radical (unpaired) electrons. The third-order valence-electron chi connectivity index (χ3n) is 5.37. The molecule has 2 aromatic rings. The van der Waals surface area contributed by atoms with E-state index in [-0.39, 0.29) is 16.9 Å². The van der Waals surface area contributed by atoms with Gasteiger partial charge < -0.3 is 10.1 Å². The number of hydrogen-bond donors (Lipinski definition) is 1. The van der Waals surface area contributed by atoms with Gasteiger partial charge in [0.25, 0.3) is 0 Å². The van der Waals surface area contributed by atoms with Gasteiger partial charge in [-0.2, -0.15) is 0 Å². The van der Waals surface area contributed by atoms with Gasteiger partial charge in [-0.15, -0.1) is 5.10 Å². The van der Waals surface area contributed by atoms with Crippen molar-refractivity contribution in [2.24, 2.45) is 0 Å². The maximum absolute atomic E-state index is 13.1. The Morgan fingerprint density at radius 3 is 2.41 bits per heavy atom. The summed E-state index contributed by atoms with van der Waals surface area (Å²) in [5.41, 5.74) is 0.543. The molecule has 27 heavy (non-hydrogen) atoms. The molecule has 1 amide bonds. The molecule has 1 N–H and O–H groups in total. The maximum Gasteiger partial charge on any atom is 0.245 e. The van der Waals surface area contributed by atoms with Crippen LogP contribution in [0.2, 0.25) is 0 Å². The van der Waals surface area contributed by atoms with E-state index >= 15 is 0 Å². The number of methoxy groups -OCH3 is 1. The van der Waals surface area contributed by atoms with Gasteiger partial charge in [-0.3, -0.25) is 4.79 Å². The fourth-order valence-corrected chi connectivity index (χ4v) is 3.77. The Hall–Kier alpha value is -2.44. The van der Waals surface area contributed by atoms with Crippen LogP contribution in [0.25, 0.3) is 0 Å². The van der Waals surface area contributed by atoms with Crippen molar-refractivity contribution >= 4 is 5.91 Å². The average molecular weight is 371 g/mol. The van der Waals surface area contributed by atoms with Crippen LogP contribution >= 0.6 is 0 Å². The highest BCUT2D eigenvalue weighted by atomic mass is 16.5. The van der Waals surface area contributed by atoms with Crippen molar-refractivity contribution in [2.75, 3.05) is 7.11 Å². The lowest BCUT2D eigenvalue weighted by Crippen LogP contribution is -2.46. The average Bonchev–Trinajstić information content (AvgIpc) is 3.31. The van der Waals surface area contributed by atoms with E-state index in [4.69, 9.17) is 4.74 Å². The highest BCUT2D eigenvalue weighted by Crippen LogP contribution is 2.39. The quantitative estimate of drug-likeness (QED) is 0.873. The van der Waals surface area contributed by atoms with Crippen LogP contribution in [0.15, 0.2) is 24.3 Å². The highest BCUT2D eigenvalue weighted by molar-refractivity contribution is 5.81. The minimum atomic E-state index is -0.482. The van der Waals surface area contributed by atoms with E-state index in [2.05, 4.69) is 20.8 Å². The number of aromatic nitrogens is 4. The Morgan fingerprint density at radius 1 is 1.22 bits per heavy atom. The first kappa shape index (κ1) is 19.3. The van der Waals surface area contributed by atoms with E-state index in [1.165, 1.54) is 0 Å². The Morgan fingerprint density at radius 2 is 1.85 bits per heavy atom. The van der Waals surface area contributed by atoms with Gasteiger partial charge in [-0.1, -0.05) is 45.7 Å². The Kier molecular flexibility index (Phi) is 5.22. The lowest BCUT2D eigenvalue weighted by molar-refractivity contribution is -0.126. The van der Waals surface area contributed by atoms with Gasteiger partial charge in [0.1, 0.15) is 11.8 Å². The zero-order valence-corrected chi connectivity index (χ0v) is 16.8. The number of nitrogens with one attached hydrogen (secondary N) is 1. The molecule has 1 unspecified atom stereocenters. The van der Waals surface area contributed by atoms with E-state index in [0.29, 0.717) is 5.82 Å². The van der Waals surface area contributed by atoms with Gasteiger partial charge in [0.05, 0.1) is 12.6 Å². The number of rotatable bonds is 5. The molecule has 1 aromatic heterocycles. The SMILES string of the molecule is COc1ccc(C2(NC(=O)C(C)n3nnnc3C(C)(C)C)CCCC2)cc1. The van der Waals surface area contributed by atoms with E-state index in [9.17, 15) is 4.79 Å². The van der Waals surface area contributed by atoms with Gasteiger partial charge in [-0.05, 0) is 47.9 Å². The number of carbonyl (C=O) groups is 1. The largest absolute Gasteiger partial charge is 0.497 e. The summed E-state index contributed by atoms with van der Waals surface area (Å²) in [6.45, 7) is 7.96. The van der Waals surface area contributed by atoms with E-state index in [0.717, 1.165) is 37.0 Å². The first-order chi connectivity index (χ1) is 12.8. The van der Waals surface area contributed by atoms with Crippen molar-refractivity contribution < 1.29 is 9.53 Å². The predicted molar refractivity (Wildman–Crippen MR) is 103 cm³/mol. The van der Waals surface area contributed by atoms with Crippen LogP contribution in [0, 0.1) is 0 Å². The minimum absolute atomic E-state index is 0.0643. The maximum atomic E-state index is 13.1. The molecular formula is C20H29N5O2. The zero-order valence-electron chi connectivity index (χ0n) is 16.8. The Bertz CT molecular complexity index is 785. The molecule has 0 saturated heterocycles. The van der Waals surface area contributed by atoms with Crippen molar-refractivity contribution in [3.8, 4) is 5.75 Å². The number of benzene rings is 1. The fraction of sp³-hybridized carbons (Fsp3) is 0.600. The number of tetrazole rings is 1. The summed E-state index contributed by atoms with van der Waals surface area (Å²) in [4.78, 5) is 13.1. The number of carbonyl (C=O) groups excluding carboxylic acids is 1. The van der Waals surface area contributed by atoms with Crippen molar-refractivity contribution in [3.63, 3.8) is 0 Å². The van der Waals surface area contributed by atoms with Crippen molar-refractivity contribution in [2.45, 2.75) is 70.4 Å². The third kappa shape index (κ3) is 3.82. The highest BCUT2D eigenvalue weighted by Gasteiger charge is 2.39. The molecule has 1 fully saturated rings. The molecule has 7 heteroatoms. The zero-order chi connectivity index (χ0) is 19.7. The summed E-state index contributed by atoms with van der Waals surface area (Å²) in [5.74, 6) is 1.45. The molecule has 146 valence electrons. The number of nitrogens with zero attached hydrogens (tertiary/aromatic N) is 4. The summed E-state index contributed by atoms with van der Waals surface area (Å²) in [6, 6.07) is 7.51. The smallest absolute Gasteiger partial charge is 0.245 e. The molecular weight excluding hydrogens is 342 g/mol. The van der Waals surface area contributed by atoms with Crippen molar-refractivity contribution in [3.05, 3.63) is 35.7 Å². The Labute approximate surface area is 160 Å². The van der Waals surface area contributed by atoms with E-state index < -0.39 is 6.04 Å². The molecule has 1 aromatic carbocycles. The van der Waals surface area contributed by atoms with Crippen LogP contribution in [0.4, 0.5) is 0 Å². The summed E-state index contributed by atoms with van der Waals surface area (Å²) < 4.78 is 6.90. The molecule has 1 heterocycles. The van der Waals surface area contributed by atoms with Crippen LogP contribution in [-0.4, -0.2) is 33.2 Å². The number of hydrogen-bond acceptors (Lipinski definition) is 5. The monoisotopic (exact) mass is 371 g/mol. The van der Waals surface area contributed by atoms with Crippen LogP contribution < -0.4 is 10.1 Å². The lowest BCUT2D eigenvalue weighted by atomic mass is 9.87. The van der Waals surface area contributed by atoms with E-state index in [1.807, 2.05) is 52.0 Å². The van der Waals surface area contributed by atoms with E-state index in [1.54, 1.807) is 11.8 Å². The standard InChI is InChI=1S/C20H29N5O2/c1-14(25-18(19(2,3)4)22-23-24-25)17(26)21-20(12-6-7-13-20)15-8-10-16(27-5)11-9-15/h8-11,14H,6-7,12-13H2,1-5H3,(H,21,26). The van der Waals surface area contributed by atoms with Gasteiger partial charge in [0, 0.05) is 5.41 Å². The van der Waals surface area contributed by atoms with Crippen LogP contribution in [-0.2, 0) is 15.7 Å². The van der Waals surface area contributed by atoms with Gasteiger partial charge in [0.15, 0.2) is 5.82 Å². The second-order valence-corrected chi connectivity index (χ2v) is 8.38. The van der Waals surface area contributed by atoms with Crippen molar-refractivity contribution in [1.29, 1.82) is 0 Å². The second-order valence-electron chi connectivity index (χ2n) is 8.38. The molecule has 1 aliphatic rings. The molecule has 3 rings (SSSR count). The summed E-state index contributed by atoms with van der Waals surface area (Å²) in [7, 11) is 1.66. The number of ether oxygens (including phenoxy) is 1. The van der Waals surface area contributed by atoms with Gasteiger partial charge in [0.2, 0.25) is 5.91 Å². The Balaban J connectivity index is 1.84. The molecule has 1 aliphatic carbocycles. The predicted octanol–water partition coefficient (Wildman–Crippen LogP) is 3.13. The normalized spacial score (nSPS) is 17.5. The van der Waals surface area contributed by atoms with Crippen LogP contribution in [0.1, 0.15) is 70.8 Å². The molecule has 7 nitrogen and oxygen atoms in total. The second kappa shape index (κ2) is 7.29. The molecule has 1 atom stereocenters. The summed E-state index contributed by atoms with van der Waals surface area (Å²) >= 11 is 0. The van der Waals surface area contributed by atoms with Crippen LogP contribution in [0.3, 0.4) is 0 Å². The first-order valence-electron chi connectivity index (χ1n) is 9.52. The first-order valence-corrected chi connectivity index (χ1v) is 9.52.